The summed E-state index contributed by atoms with van der Waals surface area (Å²) in [6.07, 6.45) is 5.83. The Kier molecular flexibility index (Phi) is 5.39. The van der Waals surface area contributed by atoms with Crippen LogP contribution in [0.4, 0.5) is 0 Å². The highest BCUT2D eigenvalue weighted by molar-refractivity contribution is 9.09. The second-order valence-corrected chi connectivity index (χ2v) is 12.9. The van der Waals surface area contributed by atoms with Gasteiger partial charge in [0.05, 0.1) is 0 Å². The van der Waals surface area contributed by atoms with Crippen molar-refractivity contribution >= 4 is 39.9 Å². The third-order valence-electron chi connectivity index (χ3n) is 3.64. The van der Waals surface area contributed by atoms with Gasteiger partial charge in [0, 0.05) is 18.7 Å². The van der Waals surface area contributed by atoms with Crippen LogP contribution >= 0.6 is 31.9 Å². The lowest BCUT2D eigenvalue weighted by Crippen LogP contribution is -2.40. The third kappa shape index (κ3) is 3.85. The van der Waals surface area contributed by atoms with Crippen molar-refractivity contribution in [2.24, 2.45) is 11.3 Å². The van der Waals surface area contributed by atoms with Crippen LogP contribution in [0.15, 0.2) is 0 Å². The zero-order valence-electron chi connectivity index (χ0n) is 10.3. The fourth-order valence-electron chi connectivity index (χ4n) is 3.09. The first-order chi connectivity index (χ1) is 6.93. The van der Waals surface area contributed by atoms with Gasteiger partial charge in [-0.2, -0.15) is 0 Å². The molecular weight excluding hydrogens is 332 g/mol. The van der Waals surface area contributed by atoms with E-state index in [2.05, 4.69) is 51.5 Å². The molecule has 0 atom stereocenters. The second kappa shape index (κ2) is 5.68. The lowest BCUT2D eigenvalue weighted by molar-refractivity contribution is 0.261. The minimum atomic E-state index is -0.962. The van der Waals surface area contributed by atoms with Gasteiger partial charge in [0.2, 0.25) is 0 Å². The van der Waals surface area contributed by atoms with E-state index in [1.807, 2.05) is 0 Å². The quantitative estimate of drug-likeness (QED) is 0.464. The Balaban J connectivity index is 2.76. The molecule has 0 bridgehead atoms. The Hall–Kier alpha value is 1.18. The summed E-state index contributed by atoms with van der Waals surface area (Å²) in [5.74, 6) is 0.961. The van der Waals surface area contributed by atoms with E-state index >= 15 is 0 Å². The van der Waals surface area contributed by atoms with Crippen LogP contribution in [0.25, 0.3) is 0 Å². The molecule has 0 N–H and O–H groups in total. The highest BCUT2D eigenvalue weighted by Gasteiger charge is 2.41. The van der Waals surface area contributed by atoms with E-state index in [1.54, 1.807) is 0 Å². The van der Waals surface area contributed by atoms with E-state index in [0.29, 0.717) is 5.41 Å². The molecule has 0 unspecified atom stereocenters. The van der Waals surface area contributed by atoms with E-state index in [9.17, 15) is 0 Å². The van der Waals surface area contributed by atoms with Gasteiger partial charge < -0.3 is 0 Å². The summed E-state index contributed by atoms with van der Waals surface area (Å²) < 4.78 is 0. The average molecular weight is 356 g/mol. The summed E-state index contributed by atoms with van der Waals surface area (Å²) in [7, 11) is -0.962. The van der Waals surface area contributed by atoms with Gasteiger partial charge in [-0.25, -0.2) is 0 Å². The molecule has 90 valence electrons. The third-order valence-corrected chi connectivity index (χ3v) is 7.63. The number of rotatable bonds is 5. The molecule has 0 saturated heterocycles. The predicted molar refractivity (Wildman–Crippen MR) is 80.1 cm³/mol. The maximum absolute atomic E-state index is 3.79. The summed E-state index contributed by atoms with van der Waals surface area (Å²) in [5, 5.41) is 2.36. The Morgan fingerprint density at radius 3 is 1.87 bits per heavy atom. The van der Waals surface area contributed by atoms with Crippen molar-refractivity contribution in [3.05, 3.63) is 0 Å². The van der Waals surface area contributed by atoms with Gasteiger partial charge in [-0.15, -0.1) is 0 Å². The fraction of sp³-hybridized carbons (Fsp3) is 1.00. The molecular formula is C12H24Br2Si. The largest absolute Gasteiger partial charge is 0.0922 e. The SMILES string of the molecule is C[Si](C)(C)CC(CBr)(CBr)C1CCCC1. The van der Waals surface area contributed by atoms with Crippen LogP contribution < -0.4 is 0 Å². The van der Waals surface area contributed by atoms with Crippen LogP contribution in [-0.4, -0.2) is 18.7 Å². The smallest absolute Gasteiger partial charge is 0.0448 e. The molecule has 0 aromatic heterocycles. The Morgan fingerprint density at radius 2 is 1.53 bits per heavy atom. The van der Waals surface area contributed by atoms with Crippen LogP contribution in [0.1, 0.15) is 25.7 Å². The van der Waals surface area contributed by atoms with E-state index in [1.165, 1.54) is 42.4 Å². The van der Waals surface area contributed by atoms with Crippen molar-refractivity contribution in [3.63, 3.8) is 0 Å². The first kappa shape index (κ1) is 14.2. The molecule has 0 amide bonds. The van der Waals surface area contributed by atoms with E-state index < -0.39 is 8.07 Å². The first-order valence-electron chi connectivity index (χ1n) is 6.05. The standard InChI is InChI=1S/C12H24Br2Si/c1-15(2,3)10-12(8-13,9-14)11-6-4-5-7-11/h11H,4-10H2,1-3H3. The van der Waals surface area contributed by atoms with Crippen LogP contribution in [0, 0.1) is 11.3 Å². The maximum Gasteiger partial charge on any atom is 0.0448 e. The lowest BCUT2D eigenvalue weighted by Gasteiger charge is -2.40. The molecule has 3 heteroatoms. The van der Waals surface area contributed by atoms with E-state index in [0.717, 1.165) is 5.92 Å². The lowest BCUT2D eigenvalue weighted by atomic mass is 9.79. The molecule has 0 spiro atoms. The Labute approximate surface area is 113 Å². The molecule has 0 aromatic rings. The molecule has 0 radical (unpaired) electrons. The average Bonchev–Trinajstić information content (AvgIpc) is 2.66. The minimum absolute atomic E-state index is 0.543. The van der Waals surface area contributed by atoms with Crippen LogP contribution in [0.2, 0.25) is 25.7 Å². The molecule has 1 fully saturated rings. The van der Waals surface area contributed by atoms with Crippen molar-refractivity contribution in [1.82, 2.24) is 0 Å². The molecule has 1 saturated carbocycles. The molecule has 0 heterocycles. The molecule has 1 rings (SSSR count). The number of halogens is 2. The van der Waals surface area contributed by atoms with Gasteiger partial charge in [0.15, 0.2) is 0 Å². The molecule has 15 heavy (non-hydrogen) atoms. The molecule has 0 aromatic carbocycles. The van der Waals surface area contributed by atoms with Crippen molar-refractivity contribution < 1.29 is 0 Å². The highest BCUT2D eigenvalue weighted by Crippen LogP contribution is 2.47. The molecule has 1 aliphatic rings. The van der Waals surface area contributed by atoms with Crippen LogP contribution in [0.3, 0.4) is 0 Å². The molecule has 0 nitrogen and oxygen atoms in total. The van der Waals surface area contributed by atoms with E-state index in [-0.39, 0.29) is 0 Å². The van der Waals surface area contributed by atoms with Gasteiger partial charge in [-0.1, -0.05) is 70.4 Å². The molecule has 0 aliphatic heterocycles. The summed E-state index contributed by atoms with van der Waals surface area (Å²) >= 11 is 7.58. The van der Waals surface area contributed by atoms with Gasteiger partial charge in [0.1, 0.15) is 0 Å². The van der Waals surface area contributed by atoms with E-state index in [4.69, 9.17) is 0 Å². The van der Waals surface area contributed by atoms with Crippen molar-refractivity contribution in [3.8, 4) is 0 Å². The summed E-state index contributed by atoms with van der Waals surface area (Å²) in [6, 6.07) is 1.46. The zero-order chi connectivity index (χ0) is 11.5. The summed E-state index contributed by atoms with van der Waals surface area (Å²) in [5.41, 5.74) is 0.543. The number of hydrogen-bond acceptors (Lipinski definition) is 0. The minimum Gasteiger partial charge on any atom is -0.0922 e. The van der Waals surface area contributed by atoms with Crippen molar-refractivity contribution in [2.75, 3.05) is 10.7 Å². The van der Waals surface area contributed by atoms with Crippen LogP contribution in [0.5, 0.6) is 0 Å². The van der Waals surface area contributed by atoms with Crippen LogP contribution in [-0.2, 0) is 0 Å². The monoisotopic (exact) mass is 354 g/mol. The Bertz CT molecular complexity index is 188. The predicted octanol–water partition coefficient (Wildman–Crippen LogP) is 5.29. The van der Waals surface area contributed by atoms with Gasteiger partial charge >= 0.3 is 0 Å². The summed E-state index contributed by atoms with van der Waals surface area (Å²) in [4.78, 5) is 0. The zero-order valence-corrected chi connectivity index (χ0v) is 14.5. The van der Waals surface area contributed by atoms with Crippen molar-refractivity contribution in [1.29, 1.82) is 0 Å². The fourth-order valence-corrected chi connectivity index (χ4v) is 8.71. The summed E-state index contributed by atoms with van der Waals surface area (Å²) in [6.45, 7) is 7.51. The highest BCUT2D eigenvalue weighted by atomic mass is 79.9. The second-order valence-electron chi connectivity index (χ2n) is 6.35. The Morgan fingerprint density at radius 1 is 1.07 bits per heavy atom. The van der Waals surface area contributed by atoms with Gasteiger partial charge in [-0.3, -0.25) is 0 Å². The first-order valence-corrected chi connectivity index (χ1v) is 12.0. The van der Waals surface area contributed by atoms with Gasteiger partial charge in [-0.05, 0) is 24.2 Å². The molecule has 1 aliphatic carbocycles. The topological polar surface area (TPSA) is 0 Å². The number of hydrogen-bond donors (Lipinski definition) is 0. The van der Waals surface area contributed by atoms with Crippen molar-refractivity contribution in [2.45, 2.75) is 51.4 Å². The normalized spacial score (nSPS) is 19.8. The maximum atomic E-state index is 3.79. The van der Waals surface area contributed by atoms with Gasteiger partial charge in [0.25, 0.3) is 0 Å². The number of alkyl halides is 2.